The van der Waals surface area contributed by atoms with Crippen LogP contribution in [-0.4, -0.2) is 38.4 Å². The first kappa shape index (κ1) is 16.7. The molecule has 0 saturated carbocycles. The Hall–Kier alpha value is -2.17. The van der Waals surface area contributed by atoms with E-state index >= 15 is 0 Å². The topological polar surface area (TPSA) is 51.0 Å². The molecule has 1 fully saturated rings. The largest absolute Gasteiger partial charge is 0.341 e. The molecule has 2 aromatic rings. The standard InChI is InChI=1S/C19H26N4O/c1-15(2)19-21-11-13-23(19)17-4-3-12-22(14-17)18(24)6-5-16-7-9-20-10-8-16/h7-11,13,15,17H,3-6,12,14H2,1-2H3/t17-/m0/s1. The smallest absolute Gasteiger partial charge is 0.222 e. The van der Waals surface area contributed by atoms with Crippen molar-refractivity contribution < 1.29 is 4.79 Å². The van der Waals surface area contributed by atoms with Gasteiger partial charge in [-0.3, -0.25) is 9.78 Å². The van der Waals surface area contributed by atoms with Crippen LogP contribution in [0.25, 0.3) is 0 Å². The Morgan fingerprint density at radius 3 is 2.83 bits per heavy atom. The maximum absolute atomic E-state index is 12.6. The average Bonchev–Trinajstić information content (AvgIpc) is 3.11. The fraction of sp³-hybridized carbons (Fsp3) is 0.526. The number of nitrogens with zero attached hydrogens (tertiary/aromatic N) is 4. The van der Waals surface area contributed by atoms with Gasteiger partial charge in [0.25, 0.3) is 0 Å². The van der Waals surface area contributed by atoms with Gasteiger partial charge in [0, 0.05) is 50.2 Å². The number of hydrogen-bond acceptors (Lipinski definition) is 3. The van der Waals surface area contributed by atoms with Crippen molar-refractivity contribution in [3.63, 3.8) is 0 Å². The molecule has 0 spiro atoms. The Morgan fingerprint density at radius 2 is 2.08 bits per heavy atom. The number of aryl methyl sites for hydroxylation is 1. The number of carbonyl (C=O) groups is 1. The summed E-state index contributed by atoms with van der Waals surface area (Å²) in [5, 5.41) is 0. The maximum Gasteiger partial charge on any atom is 0.222 e. The lowest BCUT2D eigenvalue weighted by Gasteiger charge is -2.34. The number of hydrogen-bond donors (Lipinski definition) is 0. The van der Waals surface area contributed by atoms with Crippen molar-refractivity contribution in [2.24, 2.45) is 0 Å². The van der Waals surface area contributed by atoms with Gasteiger partial charge in [-0.2, -0.15) is 0 Å². The third kappa shape index (κ3) is 3.83. The first-order valence-electron chi connectivity index (χ1n) is 8.84. The molecule has 1 aliphatic rings. The first-order chi connectivity index (χ1) is 11.6. The van der Waals surface area contributed by atoms with Gasteiger partial charge in [0.2, 0.25) is 5.91 Å². The molecule has 1 amide bonds. The van der Waals surface area contributed by atoms with Crippen LogP contribution in [0, 0.1) is 0 Å². The summed E-state index contributed by atoms with van der Waals surface area (Å²) < 4.78 is 2.27. The van der Waals surface area contributed by atoms with Crippen LogP contribution in [0.2, 0.25) is 0 Å². The molecular weight excluding hydrogens is 300 g/mol. The summed E-state index contributed by atoms with van der Waals surface area (Å²) in [4.78, 5) is 23.1. The first-order valence-corrected chi connectivity index (χ1v) is 8.84. The molecule has 0 bridgehead atoms. The second-order valence-electron chi connectivity index (χ2n) is 6.84. The SMILES string of the molecule is CC(C)c1nccn1[C@H]1CCCN(C(=O)CCc2ccncc2)C1. The summed E-state index contributed by atoms with van der Waals surface area (Å²) in [5.74, 6) is 1.77. The minimum atomic E-state index is 0.253. The zero-order chi connectivity index (χ0) is 16.9. The number of amides is 1. The summed E-state index contributed by atoms with van der Waals surface area (Å²) in [7, 11) is 0. The molecule has 2 aromatic heterocycles. The van der Waals surface area contributed by atoms with Crippen molar-refractivity contribution in [1.29, 1.82) is 0 Å². The molecule has 5 heteroatoms. The third-order valence-corrected chi connectivity index (χ3v) is 4.73. The molecule has 0 N–H and O–H groups in total. The number of aromatic nitrogens is 3. The molecule has 3 heterocycles. The highest BCUT2D eigenvalue weighted by Gasteiger charge is 2.26. The molecule has 3 rings (SSSR count). The molecule has 0 radical (unpaired) electrons. The predicted molar refractivity (Wildman–Crippen MR) is 93.7 cm³/mol. The summed E-state index contributed by atoms with van der Waals surface area (Å²) in [6, 6.07) is 4.31. The highest BCUT2D eigenvalue weighted by molar-refractivity contribution is 5.76. The summed E-state index contributed by atoms with van der Waals surface area (Å²) >= 11 is 0. The number of carbonyl (C=O) groups excluding carboxylic acids is 1. The zero-order valence-electron chi connectivity index (χ0n) is 14.6. The van der Waals surface area contributed by atoms with Gasteiger partial charge in [0.1, 0.15) is 5.82 Å². The number of imidazole rings is 1. The van der Waals surface area contributed by atoms with E-state index in [0.29, 0.717) is 18.4 Å². The Balaban J connectivity index is 1.60. The number of piperidine rings is 1. The van der Waals surface area contributed by atoms with Gasteiger partial charge < -0.3 is 9.47 Å². The summed E-state index contributed by atoms with van der Waals surface area (Å²) in [6.45, 7) is 6.00. The van der Waals surface area contributed by atoms with Crippen LogP contribution < -0.4 is 0 Å². The van der Waals surface area contributed by atoms with E-state index < -0.39 is 0 Å². The number of likely N-dealkylation sites (tertiary alicyclic amines) is 1. The second kappa shape index (κ2) is 7.60. The fourth-order valence-corrected chi connectivity index (χ4v) is 3.45. The molecule has 24 heavy (non-hydrogen) atoms. The molecule has 0 aromatic carbocycles. The maximum atomic E-state index is 12.6. The van der Waals surface area contributed by atoms with Gasteiger partial charge in [-0.05, 0) is 37.0 Å². The van der Waals surface area contributed by atoms with Crippen LogP contribution in [-0.2, 0) is 11.2 Å². The van der Waals surface area contributed by atoms with Crippen molar-refractivity contribution >= 4 is 5.91 Å². The Kier molecular flexibility index (Phi) is 5.28. The van der Waals surface area contributed by atoms with E-state index in [0.717, 1.165) is 38.2 Å². The van der Waals surface area contributed by atoms with Crippen molar-refractivity contribution in [3.05, 3.63) is 48.3 Å². The molecule has 1 aliphatic heterocycles. The molecule has 5 nitrogen and oxygen atoms in total. The van der Waals surface area contributed by atoms with Gasteiger partial charge in [-0.15, -0.1) is 0 Å². The third-order valence-electron chi connectivity index (χ3n) is 4.73. The van der Waals surface area contributed by atoms with Crippen molar-refractivity contribution in [2.45, 2.75) is 51.5 Å². The lowest BCUT2D eigenvalue weighted by Crippen LogP contribution is -2.41. The second-order valence-corrected chi connectivity index (χ2v) is 6.84. The quantitative estimate of drug-likeness (QED) is 0.848. The Labute approximate surface area is 143 Å². The van der Waals surface area contributed by atoms with Crippen LogP contribution in [0.15, 0.2) is 36.9 Å². The van der Waals surface area contributed by atoms with E-state index in [-0.39, 0.29) is 5.91 Å². The fourth-order valence-electron chi connectivity index (χ4n) is 3.45. The van der Waals surface area contributed by atoms with E-state index in [9.17, 15) is 4.79 Å². The van der Waals surface area contributed by atoms with Gasteiger partial charge >= 0.3 is 0 Å². The number of rotatable bonds is 5. The van der Waals surface area contributed by atoms with Crippen LogP contribution in [0.3, 0.4) is 0 Å². The minimum absolute atomic E-state index is 0.253. The van der Waals surface area contributed by atoms with Crippen LogP contribution in [0.4, 0.5) is 0 Å². The summed E-state index contributed by atoms with van der Waals surface area (Å²) in [5.41, 5.74) is 1.17. The highest BCUT2D eigenvalue weighted by Crippen LogP contribution is 2.26. The van der Waals surface area contributed by atoms with Crippen molar-refractivity contribution in [2.75, 3.05) is 13.1 Å². The lowest BCUT2D eigenvalue weighted by atomic mass is 10.0. The monoisotopic (exact) mass is 326 g/mol. The molecule has 1 atom stereocenters. The van der Waals surface area contributed by atoms with Crippen molar-refractivity contribution in [1.82, 2.24) is 19.4 Å². The van der Waals surface area contributed by atoms with Crippen LogP contribution in [0.1, 0.15) is 56.5 Å². The zero-order valence-corrected chi connectivity index (χ0v) is 14.6. The summed E-state index contributed by atoms with van der Waals surface area (Å²) in [6.07, 6.45) is 11.0. The molecule has 0 aliphatic carbocycles. The van der Waals surface area contributed by atoms with E-state index in [1.165, 1.54) is 5.56 Å². The van der Waals surface area contributed by atoms with E-state index in [2.05, 4.69) is 34.6 Å². The molecular formula is C19H26N4O. The van der Waals surface area contributed by atoms with Crippen LogP contribution in [0.5, 0.6) is 0 Å². The lowest BCUT2D eigenvalue weighted by molar-refractivity contribution is -0.132. The van der Waals surface area contributed by atoms with Crippen molar-refractivity contribution in [3.8, 4) is 0 Å². The molecule has 0 unspecified atom stereocenters. The number of pyridine rings is 1. The predicted octanol–water partition coefficient (Wildman–Crippen LogP) is 3.20. The van der Waals surface area contributed by atoms with Gasteiger partial charge in [0.05, 0.1) is 6.04 Å². The highest BCUT2D eigenvalue weighted by atomic mass is 16.2. The Bertz CT molecular complexity index is 665. The van der Waals surface area contributed by atoms with E-state index in [1.54, 1.807) is 12.4 Å². The van der Waals surface area contributed by atoms with Crippen LogP contribution >= 0.6 is 0 Å². The van der Waals surface area contributed by atoms with Gasteiger partial charge in [-0.1, -0.05) is 13.8 Å². The van der Waals surface area contributed by atoms with Gasteiger partial charge in [-0.25, -0.2) is 4.98 Å². The molecule has 128 valence electrons. The Morgan fingerprint density at radius 1 is 1.29 bits per heavy atom. The normalized spacial score (nSPS) is 18.1. The average molecular weight is 326 g/mol. The van der Waals surface area contributed by atoms with E-state index in [4.69, 9.17) is 0 Å². The van der Waals surface area contributed by atoms with Gasteiger partial charge in [0.15, 0.2) is 0 Å². The minimum Gasteiger partial charge on any atom is -0.341 e. The molecule has 1 saturated heterocycles. The van der Waals surface area contributed by atoms with E-state index in [1.807, 2.05) is 23.2 Å².